The molecule has 0 unspecified atom stereocenters. The number of nitro benzene ring substituents is 2. The predicted octanol–water partition coefficient (Wildman–Crippen LogP) is 16.5. The number of carboxylic acids is 1. The van der Waals surface area contributed by atoms with Crippen molar-refractivity contribution in [2.24, 2.45) is 0 Å². The second-order valence-corrected chi connectivity index (χ2v) is 30.8. The zero-order valence-corrected chi connectivity index (χ0v) is 78.7. The van der Waals surface area contributed by atoms with Gasteiger partial charge in [-0.1, -0.05) is 169 Å². The molecule has 0 saturated carbocycles. The number of rotatable bonds is 16. The number of carboxylic acid groups (broad SMARTS) is 1. The van der Waals surface area contributed by atoms with Crippen LogP contribution in [0.25, 0.3) is 44.5 Å². The summed E-state index contributed by atoms with van der Waals surface area (Å²) in [4.78, 5) is 132. The van der Waals surface area contributed by atoms with E-state index in [0.29, 0.717) is 99.4 Å². The molecule has 2 aliphatic rings. The number of hydrogen-bond acceptors (Lipinski definition) is 24. The van der Waals surface area contributed by atoms with Crippen molar-refractivity contribution in [3.8, 4) is 44.5 Å². The average molecular weight is 1950 g/mol. The van der Waals surface area contributed by atoms with Crippen LogP contribution < -0.4 is 83.8 Å². The number of nitro groups is 2. The van der Waals surface area contributed by atoms with Crippen molar-refractivity contribution in [1.29, 1.82) is 0 Å². The molecule has 4 amide bonds. The van der Waals surface area contributed by atoms with Gasteiger partial charge in [0.1, 0.15) is 11.6 Å². The summed E-state index contributed by atoms with van der Waals surface area (Å²) >= 11 is 5.88. The first-order chi connectivity index (χ1) is 63.9. The van der Waals surface area contributed by atoms with Gasteiger partial charge in [0.2, 0.25) is 0 Å². The van der Waals surface area contributed by atoms with Crippen molar-refractivity contribution in [1.82, 2.24) is 0 Å². The number of nitrogens with two attached hydrogens (primary N) is 1. The van der Waals surface area contributed by atoms with Gasteiger partial charge in [-0.15, -0.1) is 0 Å². The van der Waals surface area contributed by atoms with Crippen molar-refractivity contribution in [2.45, 2.75) is 26.5 Å². The quantitative estimate of drug-likeness (QED) is 0.0108. The number of nitrogen functional groups attached to an aromatic ring is 1. The number of aliphatic hydroxyl groups excluding tert-OH is 1. The van der Waals surface area contributed by atoms with Gasteiger partial charge in [-0.05, 0) is 218 Å². The molecule has 14 aromatic rings. The fourth-order valence-electron chi connectivity index (χ4n) is 12.8. The molecule has 16 rings (SSSR count). The van der Waals surface area contributed by atoms with Gasteiger partial charge in [-0.25, -0.2) is 32.8 Å². The molecule has 0 atom stereocenters. The number of amides is 4. The Bertz CT molecular complexity index is 6740. The zero-order chi connectivity index (χ0) is 96.0. The van der Waals surface area contributed by atoms with Crippen LogP contribution in [0, 0.1) is 31.9 Å². The van der Waals surface area contributed by atoms with E-state index in [1.54, 1.807) is 189 Å². The van der Waals surface area contributed by atoms with Crippen molar-refractivity contribution in [2.75, 3.05) is 62.0 Å². The molecule has 680 valence electrons. The number of hydrogen-bond donors (Lipinski definition) is 9. The molecule has 36 heteroatoms. The molecule has 135 heavy (non-hydrogen) atoms. The van der Waals surface area contributed by atoms with Gasteiger partial charge in [0.25, 0.3) is 35.0 Å². The molecule has 29 nitrogen and oxygen atoms in total. The Morgan fingerprint density at radius 2 is 0.756 bits per heavy atom. The van der Waals surface area contributed by atoms with Crippen LogP contribution in [0.15, 0.2) is 340 Å². The van der Waals surface area contributed by atoms with E-state index in [-0.39, 0.29) is 115 Å². The standard InChI is InChI=1S/C28H19FN2O4S.C27H17FN2O4S.C14H11NO4.C14H13NO2.C8H7BrO2.C6H6BNO4.C2H6O.K.H2O/c1-35-28(34)21-8-3-2-7-20(21)16-5-4-6-19(13-16)30-26(32)17-9-11-25-23(14-17)31-27(33)22-15-18(29)10-12-24(22)36-25;28-17-9-11-23-21(14-17)26(32)30-22-13-16(8-10-24(22)35-23)25(31)29-18-5-3-4-15(12-18)19-6-1-2-7-20(19)27(33)34;1-19-14(16)13-8-3-2-7-12(13)10-5-4-6-11(9-10)15(17)18;1-17-14(16)13-8-3-2-7-12(13)10-5-4-6-11(15)9-10;1-11-8(10)6-4-2-3-5-7(6)9;9-7(10)5-2-1-3-6(4-5)8(11)12;1-2-3;;/h2-15H,1H3,(H,30,32)(H,31,33);1-14H,(H,29,31)(H,30,32)(H,33,34);2-9H,1H3;2-9H,15H2,1H3;2-5H,1H3;1-4,9-10H;3H,2H2,1H3;;1H2/q;;;;;;;+1;/p-1. The van der Waals surface area contributed by atoms with E-state index in [1.165, 1.54) is 113 Å². The summed E-state index contributed by atoms with van der Waals surface area (Å²) in [5.74, 6) is -5.28. The largest absolute Gasteiger partial charge is 1.00 e. The zero-order valence-electron chi connectivity index (χ0n) is 72.4. The number of esters is 4. The normalized spacial score (nSPS) is 10.7. The summed E-state index contributed by atoms with van der Waals surface area (Å²) in [6.07, 6.45) is 0. The molecule has 0 spiro atoms. The number of benzene rings is 14. The van der Waals surface area contributed by atoms with Crippen LogP contribution >= 0.6 is 39.5 Å². The number of carbonyl (C=O) groups is 9. The fraction of sp³-hybridized carbons (Fsp3) is 0.0606. The average Bonchev–Trinajstić information content (AvgIpc) is 1.75. The Labute approximate surface area is 830 Å². The van der Waals surface area contributed by atoms with Crippen LogP contribution in [0.3, 0.4) is 0 Å². The summed E-state index contributed by atoms with van der Waals surface area (Å²) in [5, 5.41) is 66.6. The molecular formula is C99H80BBrF2KN7O22S2. The molecule has 14 aromatic carbocycles. The molecular weight excluding hydrogens is 1870 g/mol. The third-order valence-corrected chi connectivity index (χ3v) is 22.0. The number of nitrogens with zero attached hydrogens (tertiary/aromatic N) is 2. The van der Waals surface area contributed by atoms with Crippen LogP contribution in [0.5, 0.6) is 0 Å². The molecule has 0 bridgehead atoms. The summed E-state index contributed by atoms with van der Waals surface area (Å²) in [6, 6.07) is 85.8. The number of anilines is 5. The fourth-order valence-corrected chi connectivity index (χ4v) is 15.3. The molecule has 0 aliphatic carbocycles. The SMILES string of the molecule is CCO.COC(=O)c1ccccc1-c1cccc(N)c1.COC(=O)c1ccccc1-c1cccc(NC(=O)c2ccc3c(c2)NC(=O)c2cc(F)ccc2S3)c1.COC(=O)c1ccccc1-c1cccc([N+](=O)[O-])c1.COC(=O)c1ccccc1Br.O=C(Nc1cccc(-c2ccccc2C(=O)O)c1)c1ccc2c(c1)NC(=O)c1cc(F)ccc1S2.O=[N+]([O-])c1cccc(B(O)O)c1.[K+].[OH-]. The van der Waals surface area contributed by atoms with Crippen LogP contribution in [-0.2, 0) is 18.9 Å². The van der Waals surface area contributed by atoms with E-state index in [1.807, 2.05) is 66.7 Å². The number of aromatic carboxylic acids is 1. The summed E-state index contributed by atoms with van der Waals surface area (Å²) < 4.78 is 46.9. The molecule has 0 saturated heterocycles. The number of halogens is 3. The van der Waals surface area contributed by atoms with E-state index in [0.717, 1.165) is 37.0 Å². The number of carbonyl (C=O) groups excluding carboxylic acids is 8. The maximum absolute atomic E-state index is 13.7. The Morgan fingerprint density at radius 3 is 1.14 bits per heavy atom. The molecule has 11 N–H and O–H groups in total. The molecule has 0 aromatic heterocycles. The first-order valence-corrected chi connectivity index (χ1v) is 42.1. The van der Waals surface area contributed by atoms with Gasteiger partial charge in [0.05, 0.1) is 88.6 Å². The van der Waals surface area contributed by atoms with Crippen molar-refractivity contribution in [3.63, 3.8) is 0 Å². The predicted molar refractivity (Wildman–Crippen MR) is 508 cm³/mol. The second kappa shape index (κ2) is 51.5. The maximum atomic E-state index is 13.7. The van der Waals surface area contributed by atoms with E-state index in [2.05, 4.69) is 41.9 Å². The minimum Gasteiger partial charge on any atom is -0.870 e. The van der Waals surface area contributed by atoms with E-state index >= 15 is 0 Å². The second-order valence-electron chi connectivity index (χ2n) is 27.8. The summed E-state index contributed by atoms with van der Waals surface area (Å²) in [6.45, 7) is 1.93. The molecule has 0 fully saturated rings. The van der Waals surface area contributed by atoms with Crippen LogP contribution in [0.4, 0.5) is 48.6 Å². The van der Waals surface area contributed by atoms with E-state index < -0.39 is 64.2 Å². The van der Waals surface area contributed by atoms with Crippen molar-refractivity contribution in [3.05, 3.63) is 402 Å². The van der Waals surface area contributed by atoms with Crippen molar-refractivity contribution < 1.29 is 158 Å². The molecule has 0 radical (unpaired) electrons. The Balaban J connectivity index is 0.000000208. The maximum Gasteiger partial charge on any atom is 1.00 e. The van der Waals surface area contributed by atoms with Gasteiger partial charge in [0, 0.05) is 83.1 Å². The smallest absolute Gasteiger partial charge is 0.870 e. The van der Waals surface area contributed by atoms with Gasteiger partial charge < -0.3 is 71.7 Å². The van der Waals surface area contributed by atoms with E-state index in [4.69, 9.17) is 35.1 Å². The Kier molecular flexibility index (Phi) is 40.4. The minimum atomic E-state index is -1.66. The monoisotopic (exact) mass is 1950 g/mol. The number of aliphatic hydroxyl groups is 1. The van der Waals surface area contributed by atoms with Crippen LogP contribution in [0.1, 0.15) is 100 Å². The number of fused-ring (bicyclic) bond motifs is 4. The summed E-state index contributed by atoms with van der Waals surface area (Å²) in [7, 11) is 3.70. The number of non-ortho nitro benzene ring substituents is 2. The third kappa shape index (κ3) is 29.0. The number of methoxy groups -OCH3 is 4. The van der Waals surface area contributed by atoms with Crippen LogP contribution in [-0.4, -0.2) is 131 Å². The Morgan fingerprint density at radius 1 is 0.422 bits per heavy atom. The third-order valence-electron chi connectivity index (χ3n) is 19.0. The van der Waals surface area contributed by atoms with Gasteiger partial charge in [0.15, 0.2) is 0 Å². The Hall–Kier alpha value is -14.5. The first-order valence-electron chi connectivity index (χ1n) is 39.6. The minimum absolute atomic E-state index is 0. The summed E-state index contributed by atoms with van der Waals surface area (Å²) in [5.41, 5.74) is 17.0. The molecule has 2 heterocycles. The first kappa shape index (κ1) is 106. The topological polar surface area (TPSA) is 462 Å². The van der Waals surface area contributed by atoms with Gasteiger partial charge in [-0.2, -0.15) is 0 Å². The van der Waals surface area contributed by atoms with Crippen LogP contribution in [0.2, 0.25) is 0 Å². The number of nitrogens with one attached hydrogen (secondary N) is 4. The van der Waals surface area contributed by atoms with Gasteiger partial charge in [-0.3, -0.25) is 39.4 Å². The van der Waals surface area contributed by atoms with Gasteiger partial charge >= 0.3 is 88.3 Å². The van der Waals surface area contributed by atoms with E-state index in [9.17, 15) is 77.3 Å². The van der Waals surface area contributed by atoms with Crippen molar-refractivity contribution >= 4 is 145 Å². The molecule has 2 aliphatic heterocycles. The number of ether oxygens (including phenoxy) is 4.